The second-order valence-corrected chi connectivity index (χ2v) is 7.25. The molecule has 3 rings (SSSR count). The molecular formula is C17H16FN3O3S. The highest BCUT2D eigenvalue weighted by Crippen LogP contribution is 2.22. The van der Waals surface area contributed by atoms with Crippen LogP contribution in [-0.2, 0) is 21.4 Å². The van der Waals surface area contributed by atoms with Crippen molar-refractivity contribution in [1.82, 2.24) is 10.0 Å². The van der Waals surface area contributed by atoms with Crippen molar-refractivity contribution in [3.05, 3.63) is 65.5 Å². The van der Waals surface area contributed by atoms with Gasteiger partial charge in [0.05, 0.1) is 4.90 Å². The van der Waals surface area contributed by atoms with Crippen LogP contribution in [0, 0.1) is 5.82 Å². The summed E-state index contributed by atoms with van der Waals surface area (Å²) in [4.78, 5) is 16.5. The van der Waals surface area contributed by atoms with Gasteiger partial charge in [-0.25, -0.2) is 12.8 Å². The van der Waals surface area contributed by atoms with Gasteiger partial charge in [-0.2, -0.15) is 0 Å². The lowest BCUT2D eigenvalue weighted by molar-refractivity contribution is -0.122. The number of rotatable bonds is 4. The lowest BCUT2D eigenvalue weighted by Crippen LogP contribution is -2.33. The first-order valence-corrected chi connectivity index (χ1v) is 9.07. The summed E-state index contributed by atoms with van der Waals surface area (Å²) < 4.78 is 39.3. The van der Waals surface area contributed by atoms with Crippen LogP contribution in [0.1, 0.15) is 18.1 Å². The summed E-state index contributed by atoms with van der Waals surface area (Å²) in [5.41, 5.74) is 1.20. The fraction of sp³-hybridized carbons (Fsp3) is 0.176. The maximum atomic E-state index is 12.9. The van der Waals surface area contributed by atoms with Crippen molar-refractivity contribution < 1.29 is 17.6 Å². The number of amides is 1. The van der Waals surface area contributed by atoms with Crippen molar-refractivity contribution in [2.45, 2.75) is 24.4 Å². The van der Waals surface area contributed by atoms with Crippen molar-refractivity contribution in [1.29, 1.82) is 0 Å². The van der Waals surface area contributed by atoms with E-state index in [1.54, 1.807) is 37.3 Å². The van der Waals surface area contributed by atoms with Crippen LogP contribution in [0.2, 0.25) is 0 Å². The number of hydrogen-bond acceptors (Lipinski definition) is 4. The molecule has 0 aliphatic carbocycles. The van der Waals surface area contributed by atoms with E-state index in [1.807, 2.05) is 0 Å². The van der Waals surface area contributed by atoms with E-state index in [9.17, 15) is 17.6 Å². The lowest BCUT2D eigenvalue weighted by atomic mass is 10.2. The minimum absolute atomic E-state index is 0.146. The third-order valence-corrected chi connectivity index (χ3v) is 5.14. The van der Waals surface area contributed by atoms with E-state index >= 15 is 0 Å². The van der Waals surface area contributed by atoms with E-state index in [4.69, 9.17) is 0 Å². The molecule has 0 spiro atoms. The van der Waals surface area contributed by atoms with Gasteiger partial charge in [0, 0.05) is 12.1 Å². The van der Waals surface area contributed by atoms with Crippen molar-refractivity contribution in [3.63, 3.8) is 0 Å². The standard InChI is InChI=1S/C17H16FN3O3S/c1-11(17(22)19-10-12-6-8-13(18)9-7-12)20-16-14-4-2-3-5-15(14)25(23,24)21-16/h2-9,11H,10H2,1H3,(H,19,22)(H,20,21)/t11-/m1/s1. The number of nitrogens with zero attached hydrogens (tertiary/aromatic N) is 1. The van der Waals surface area contributed by atoms with Crippen LogP contribution in [0.3, 0.4) is 0 Å². The first kappa shape index (κ1) is 17.1. The monoisotopic (exact) mass is 361 g/mol. The number of carbonyl (C=O) groups excluding carboxylic acids is 1. The normalized spacial score (nSPS) is 17.6. The SMILES string of the molecule is C[C@@H](N=C1NS(=O)(=O)c2ccccc21)C(=O)NCc1ccc(F)cc1. The Morgan fingerprint density at radius 1 is 1.20 bits per heavy atom. The van der Waals surface area contributed by atoms with Crippen LogP contribution < -0.4 is 10.0 Å². The van der Waals surface area contributed by atoms with E-state index in [1.165, 1.54) is 18.2 Å². The molecule has 0 saturated carbocycles. The number of sulfonamides is 1. The molecule has 25 heavy (non-hydrogen) atoms. The van der Waals surface area contributed by atoms with E-state index < -0.39 is 16.1 Å². The molecule has 1 atom stereocenters. The Hall–Kier alpha value is -2.74. The molecular weight excluding hydrogens is 345 g/mol. The summed E-state index contributed by atoms with van der Waals surface area (Å²) in [6.07, 6.45) is 0. The average Bonchev–Trinajstić information content (AvgIpc) is 2.85. The maximum absolute atomic E-state index is 12.9. The van der Waals surface area contributed by atoms with Crippen LogP contribution in [-0.4, -0.2) is 26.2 Å². The van der Waals surface area contributed by atoms with Crippen LogP contribution in [0.15, 0.2) is 58.4 Å². The highest BCUT2D eigenvalue weighted by atomic mass is 32.2. The molecule has 1 heterocycles. The molecule has 0 saturated heterocycles. The van der Waals surface area contributed by atoms with Gasteiger partial charge in [-0.15, -0.1) is 0 Å². The number of carbonyl (C=O) groups is 1. The quantitative estimate of drug-likeness (QED) is 0.866. The molecule has 1 aliphatic rings. The van der Waals surface area contributed by atoms with Crippen molar-refractivity contribution in [2.24, 2.45) is 4.99 Å². The molecule has 1 aliphatic heterocycles. The Morgan fingerprint density at radius 3 is 2.60 bits per heavy atom. The summed E-state index contributed by atoms with van der Waals surface area (Å²) >= 11 is 0. The molecule has 0 bridgehead atoms. The third-order valence-electron chi connectivity index (χ3n) is 3.74. The second-order valence-electron chi connectivity index (χ2n) is 5.60. The van der Waals surface area contributed by atoms with Crippen molar-refractivity contribution >= 4 is 21.8 Å². The van der Waals surface area contributed by atoms with Crippen LogP contribution in [0.4, 0.5) is 4.39 Å². The highest BCUT2D eigenvalue weighted by Gasteiger charge is 2.31. The summed E-state index contributed by atoms with van der Waals surface area (Å²) in [7, 11) is -3.63. The number of nitrogens with one attached hydrogen (secondary N) is 2. The largest absolute Gasteiger partial charge is 0.350 e. The van der Waals surface area contributed by atoms with Crippen molar-refractivity contribution in [2.75, 3.05) is 0 Å². The highest BCUT2D eigenvalue weighted by molar-refractivity contribution is 7.90. The van der Waals surface area contributed by atoms with Gasteiger partial charge in [-0.1, -0.05) is 24.3 Å². The molecule has 2 aromatic rings. The molecule has 130 valence electrons. The van der Waals surface area contributed by atoms with Gasteiger partial charge >= 0.3 is 0 Å². The number of fused-ring (bicyclic) bond motifs is 1. The molecule has 0 radical (unpaired) electrons. The zero-order valence-electron chi connectivity index (χ0n) is 13.4. The summed E-state index contributed by atoms with van der Waals surface area (Å²) in [5.74, 6) is -0.553. The fourth-order valence-corrected chi connectivity index (χ4v) is 3.66. The molecule has 6 nitrogen and oxygen atoms in total. The Bertz CT molecular complexity index is 940. The van der Waals surface area contributed by atoms with Gasteiger partial charge in [0.2, 0.25) is 5.91 Å². The van der Waals surface area contributed by atoms with E-state index in [-0.39, 0.29) is 29.0 Å². The van der Waals surface area contributed by atoms with E-state index in [2.05, 4.69) is 15.0 Å². The van der Waals surface area contributed by atoms with Gasteiger partial charge < -0.3 is 5.32 Å². The molecule has 0 unspecified atom stereocenters. The number of halogens is 1. The maximum Gasteiger partial charge on any atom is 0.263 e. The van der Waals surface area contributed by atoms with Crippen molar-refractivity contribution in [3.8, 4) is 0 Å². The van der Waals surface area contributed by atoms with Gasteiger partial charge in [0.15, 0.2) is 0 Å². The molecule has 2 N–H and O–H groups in total. The number of amidine groups is 1. The Labute approximate surface area is 144 Å². The van der Waals surface area contributed by atoms with Crippen LogP contribution in [0.5, 0.6) is 0 Å². The summed E-state index contributed by atoms with van der Waals surface area (Å²) in [5, 5.41) is 2.69. The molecule has 0 aromatic heterocycles. The first-order valence-electron chi connectivity index (χ1n) is 7.59. The predicted molar refractivity (Wildman–Crippen MR) is 91.0 cm³/mol. The average molecular weight is 361 g/mol. The van der Waals surface area contributed by atoms with Gasteiger partial charge in [0.1, 0.15) is 17.7 Å². The van der Waals surface area contributed by atoms with E-state index in [0.29, 0.717) is 5.56 Å². The lowest BCUT2D eigenvalue weighted by Gasteiger charge is -2.10. The van der Waals surface area contributed by atoms with Gasteiger partial charge in [-0.05, 0) is 36.8 Å². The Kier molecular flexibility index (Phi) is 4.54. The minimum atomic E-state index is -3.63. The van der Waals surface area contributed by atoms with Gasteiger partial charge in [0.25, 0.3) is 10.0 Å². The smallest absolute Gasteiger partial charge is 0.263 e. The fourth-order valence-electron chi connectivity index (χ4n) is 2.42. The topological polar surface area (TPSA) is 87.6 Å². The van der Waals surface area contributed by atoms with Gasteiger partial charge in [-0.3, -0.25) is 14.5 Å². The Balaban J connectivity index is 1.71. The molecule has 2 aromatic carbocycles. The molecule has 0 fully saturated rings. The van der Waals surface area contributed by atoms with Crippen LogP contribution >= 0.6 is 0 Å². The predicted octanol–water partition coefficient (Wildman–Crippen LogP) is 1.57. The molecule has 8 heteroatoms. The Morgan fingerprint density at radius 2 is 1.88 bits per heavy atom. The number of hydrogen-bond donors (Lipinski definition) is 2. The second kappa shape index (κ2) is 6.64. The zero-order valence-corrected chi connectivity index (χ0v) is 14.2. The minimum Gasteiger partial charge on any atom is -0.350 e. The number of benzene rings is 2. The summed E-state index contributed by atoms with van der Waals surface area (Å²) in [6.45, 7) is 1.80. The summed E-state index contributed by atoms with van der Waals surface area (Å²) in [6, 6.07) is 11.4. The third kappa shape index (κ3) is 3.69. The van der Waals surface area contributed by atoms with E-state index in [0.717, 1.165) is 5.56 Å². The van der Waals surface area contributed by atoms with Crippen LogP contribution in [0.25, 0.3) is 0 Å². The first-order chi connectivity index (χ1) is 11.9. The molecule has 1 amide bonds. The number of aliphatic imine (C=N–C) groups is 1. The zero-order chi connectivity index (χ0) is 18.0.